The summed E-state index contributed by atoms with van der Waals surface area (Å²) in [4.78, 5) is 35.0. The SMILES string of the molecule is C=CCC(=O)OC(CNC(=O)OC(C)(C)C)CNC(=O)OC(C)(C)C. The minimum atomic E-state index is -0.771. The second-order valence-corrected chi connectivity index (χ2v) is 7.37. The average molecular weight is 358 g/mol. The summed E-state index contributed by atoms with van der Waals surface area (Å²) in [6.45, 7) is 13.8. The first kappa shape index (κ1) is 22.8. The van der Waals surface area contributed by atoms with Crippen molar-refractivity contribution in [2.75, 3.05) is 13.1 Å². The lowest BCUT2D eigenvalue weighted by molar-refractivity contribution is -0.147. The van der Waals surface area contributed by atoms with Crippen LogP contribution in [0.5, 0.6) is 0 Å². The Morgan fingerprint density at radius 1 is 0.920 bits per heavy atom. The second kappa shape index (κ2) is 9.90. The van der Waals surface area contributed by atoms with E-state index in [1.54, 1.807) is 41.5 Å². The molecule has 0 saturated carbocycles. The van der Waals surface area contributed by atoms with E-state index in [4.69, 9.17) is 14.2 Å². The van der Waals surface area contributed by atoms with E-state index in [0.717, 1.165) is 0 Å². The van der Waals surface area contributed by atoms with Crippen LogP contribution in [0.1, 0.15) is 48.0 Å². The van der Waals surface area contributed by atoms with Crippen molar-refractivity contribution in [2.45, 2.75) is 65.3 Å². The molecule has 0 unspecified atom stereocenters. The number of hydrogen-bond donors (Lipinski definition) is 2. The number of ether oxygens (including phenoxy) is 3. The van der Waals surface area contributed by atoms with Crippen molar-refractivity contribution in [3.63, 3.8) is 0 Å². The van der Waals surface area contributed by atoms with Crippen LogP contribution in [-0.2, 0) is 19.0 Å². The summed E-state index contributed by atoms with van der Waals surface area (Å²) in [6.07, 6.45) is -0.631. The van der Waals surface area contributed by atoms with Crippen LogP contribution in [0.2, 0.25) is 0 Å². The lowest BCUT2D eigenvalue weighted by Gasteiger charge is -2.23. The molecule has 0 aromatic heterocycles. The van der Waals surface area contributed by atoms with Gasteiger partial charge in [0, 0.05) is 0 Å². The van der Waals surface area contributed by atoms with E-state index in [1.165, 1.54) is 6.08 Å². The fourth-order valence-electron chi connectivity index (χ4n) is 1.53. The maximum absolute atomic E-state index is 11.7. The van der Waals surface area contributed by atoms with Crippen molar-refractivity contribution in [3.05, 3.63) is 12.7 Å². The quantitative estimate of drug-likeness (QED) is 0.412. The zero-order valence-electron chi connectivity index (χ0n) is 15.9. The number of esters is 1. The first-order valence-electron chi connectivity index (χ1n) is 8.06. The normalized spacial score (nSPS) is 11.5. The van der Waals surface area contributed by atoms with Gasteiger partial charge in [0.1, 0.15) is 17.3 Å². The summed E-state index contributed by atoms with van der Waals surface area (Å²) in [7, 11) is 0. The van der Waals surface area contributed by atoms with Gasteiger partial charge in [-0.05, 0) is 41.5 Å². The predicted molar refractivity (Wildman–Crippen MR) is 93.2 cm³/mol. The molecule has 0 fully saturated rings. The zero-order valence-corrected chi connectivity index (χ0v) is 15.9. The number of rotatable bonds is 7. The Morgan fingerprint density at radius 2 is 1.32 bits per heavy atom. The molecule has 25 heavy (non-hydrogen) atoms. The molecule has 0 bridgehead atoms. The van der Waals surface area contributed by atoms with Crippen molar-refractivity contribution >= 4 is 18.2 Å². The van der Waals surface area contributed by atoms with Gasteiger partial charge < -0.3 is 24.8 Å². The molecule has 0 aliphatic carbocycles. The van der Waals surface area contributed by atoms with Crippen LogP contribution >= 0.6 is 0 Å². The Morgan fingerprint density at radius 3 is 1.64 bits per heavy atom. The molecule has 0 aromatic rings. The summed E-state index contributed by atoms with van der Waals surface area (Å²) >= 11 is 0. The third-order valence-electron chi connectivity index (χ3n) is 2.36. The molecule has 0 saturated heterocycles. The van der Waals surface area contributed by atoms with E-state index in [9.17, 15) is 14.4 Å². The van der Waals surface area contributed by atoms with Crippen molar-refractivity contribution in [1.82, 2.24) is 10.6 Å². The Kier molecular flexibility index (Phi) is 9.01. The van der Waals surface area contributed by atoms with E-state index in [2.05, 4.69) is 17.2 Å². The maximum Gasteiger partial charge on any atom is 0.407 e. The van der Waals surface area contributed by atoms with Gasteiger partial charge in [-0.2, -0.15) is 0 Å². The number of hydrogen-bond acceptors (Lipinski definition) is 6. The van der Waals surface area contributed by atoms with Gasteiger partial charge in [-0.1, -0.05) is 6.08 Å². The third kappa shape index (κ3) is 13.8. The van der Waals surface area contributed by atoms with E-state index in [-0.39, 0.29) is 19.5 Å². The Bertz CT molecular complexity index is 445. The fraction of sp³-hybridized carbons (Fsp3) is 0.706. The van der Waals surface area contributed by atoms with Gasteiger partial charge in [0.2, 0.25) is 0 Å². The topological polar surface area (TPSA) is 103 Å². The van der Waals surface area contributed by atoms with Gasteiger partial charge in [0.25, 0.3) is 0 Å². The second-order valence-electron chi connectivity index (χ2n) is 7.37. The summed E-state index contributed by atoms with van der Waals surface area (Å²) in [6, 6.07) is 0. The molecule has 144 valence electrons. The molecule has 0 radical (unpaired) electrons. The Labute approximate surface area is 149 Å². The van der Waals surface area contributed by atoms with Crippen LogP contribution in [0.3, 0.4) is 0 Å². The summed E-state index contributed by atoms with van der Waals surface area (Å²) in [5.41, 5.74) is -1.29. The number of alkyl carbamates (subject to hydrolysis) is 2. The molecule has 0 spiro atoms. The van der Waals surface area contributed by atoms with Crippen molar-refractivity contribution in [1.29, 1.82) is 0 Å². The van der Waals surface area contributed by atoms with Crippen LogP contribution in [0.15, 0.2) is 12.7 Å². The van der Waals surface area contributed by atoms with Crippen molar-refractivity contribution in [2.24, 2.45) is 0 Å². The lowest BCUT2D eigenvalue weighted by atomic mass is 10.2. The van der Waals surface area contributed by atoms with Gasteiger partial charge in [0.05, 0.1) is 19.5 Å². The third-order valence-corrected chi connectivity index (χ3v) is 2.36. The number of carbonyl (C=O) groups excluding carboxylic acids is 3. The maximum atomic E-state index is 11.7. The first-order valence-corrected chi connectivity index (χ1v) is 8.06. The molecule has 2 amide bonds. The van der Waals surface area contributed by atoms with Gasteiger partial charge in [0.15, 0.2) is 0 Å². The summed E-state index contributed by atoms with van der Waals surface area (Å²) in [5.74, 6) is -0.517. The minimum Gasteiger partial charge on any atom is -0.458 e. The monoisotopic (exact) mass is 358 g/mol. The highest BCUT2D eigenvalue weighted by Crippen LogP contribution is 2.07. The van der Waals surface area contributed by atoms with Crippen LogP contribution < -0.4 is 10.6 Å². The molecule has 2 N–H and O–H groups in total. The van der Waals surface area contributed by atoms with E-state index in [1.807, 2.05) is 0 Å². The predicted octanol–water partition coefficient (Wildman–Crippen LogP) is 2.52. The highest BCUT2D eigenvalue weighted by Gasteiger charge is 2.21. The molecule has 0 aliphatic rings. The standard InChI is InChI=1S/C17H30N2O6/c1-8-9-13(20)23-12(10-18-14(21)24-16(2,3)4)11-19-15(22)25-17(5,6)7/h8,12H,1,9-11H2,2-7H3,(H,18,21)(H,19,22). The lowest BCUT2D eigenvalue weighted by Crippen LogP contribution is -2.44. The number of amides is 2. The largest absolute Gasteiger partial charge is 0.458 e. The molecular weight excluding hydrogens is 328 g/mol. The highest BCUT2D eigenvalue weighted by molar-refractivity contribution is 5.72. The number of nitrogens with one attached hydrogen (secondary N) is 2. The first-order chi connectivity index (χ1) is 11.3. The minimum absolute atomic E-state index is 0.0202. The van der Waals surface area contributed by atoms with E-state index in [0.29, 0.717) is 0 Å². The van der Waals surface area contributed by atoms with Crippen LogP contribution in [0.4, 0.5) is 9.59 Å². The van der Waals surface area contributed by atoms with Gasteiger partial charge in [-0.15, -0.1) is 6.58 Å². The molecule has 0 aromatic carbocycles. The van der Waals surface area contributed by atoms with Gasteiger partial charge in [-0.25, -0.2) is 9.59 Å². The van der Waals surface area contributed by atoms with E-state index >= 15 is 0 Å². The fourth-order valence-corrected chi connectivity index (χ4v) is 1.53. The molecule has 0 aliphatic heterocycles. The molecule has 0 heterocycles. The zero-order chi connectivity index (χ0) is 19.7. The number of carbonyl (C=O) groups is 3. The van der Waals surface area contributed by atoms with Gasteiger partial charge >= 0.3 is 18.2 Å². The van der Waals surface area contributed by atoms with Crippen LogP contribution in [0.25, 0.3) is 0 Å². The Hall–Kier alpha value is -2.25. The van der Waals surface area contributed by atoms with Crippen molar-refractivity contribution in [3.8, 4) is 0 Å². The Balaban J connectivity index is 4.60. The summed E-state index contributed by atoms with van der Waals surface area (Å²) < 4.78 is 15.4. The average Bonchev–Trinajstić information content (AvgIpc) is 2.38. The van der Waals surface area contributed by atoms with Crippen molar-refractivity contribution < 1.29 is 28.6 Å². The molecule has 0 atom stereocenters. The molecular formula is C17H30N2O6. The smallest absolute Gasteiger partial charge is 0.407 e. The molecule has 8 nitrogen and oxygen atoms in total. The van der Waals surface area contributed by atoms with Crippen LogP contribution in [-0.4, -0.2) is 48.6 Å². The molecule has 0 rings (SSSR count). The summed E-state index contributed by atoms with van der Waals surface area (Å²) in [5, 5.41) is 5.00. The van der Waals surface area contributed by atoms with Crippen LogP contribution in [0, 0.1) is 0 Å². The van der Waals surface area contributed by atoms with Gasteiger partial charge in [-0.3, -0.25) is 4.79 Å². The van der Waals surface area contributed by atoms with E-state index < -0.39 is 35.5 Å². The highest BCUT2D eigenvalue weighted by atomic mass is 16.6. The molecule has 8 heteroatoms.